The van der Waals surface area contributed by atoms with Gasteiger partial charge >= 0.3 is 0 Å². The third-order valence-electron chi connectivity index (χ3n) is 0.348. The number of hydrogen-bond donors (Lipinski definition) is 0. The van der Waals surface area contributed by atoms with Gasteiger partial charge in [-0.25, -0.2) is 4.58 Å². The zero-order valence-corrected chi connectivity index (χ0v) is 7.22. The lowest BCUT2D eigenvalue weighted by atomic mass is 11.1. The first-order valence-corrected chi connectivity index (χ1v) is 3.53. The average Bonchev–Trinajstić information content (AvgIpc) is 1.61. The number of halogens is 2. The Labute approximate surface area is 65.5 Å². The van der Waals surface area contributed by atoms with E-state index in [1.807, 2.05) is 24.2 Å². The van der Waals surface area contributed by atoms with E-state index in [9.17, 15) is 0 Å². The van der Waals surface area contributed by atoms with E-state index in [-0.39, 0.29) is 12.4 Å². The maximum Gasteiger partial charge on any atom is 0.198 e. The van der Waals surface area contributed by atoms with Crippen molar-refractivity contribution in [3.63, 3.8) is 0 Å². The molecule has 0 heterocycles. The van der Waals surface area contributed by atoms with Crippen molar-refractivity contribution < 1.29 is 17.0 Å². The molecule has 0 saturated carbocycles. The molecule has 8 heavy (non-hydrogen) atoms. The van der Waals surface area contributed by atoms with Crippen molar-refractivity contribution >= 4 is 28.9 Å². The van der Waals surface area contributed by atoms with E-state index < -0.39 is 0 Å². The van der Waals surface area contributed by atoms with Gasteiger partial charge < -0.3 is 12.4 Å². The number of rotatable bonds is 2. The van der Waals surface area contributed by atoms with Crippen molar-refractivity contribution in [1.29, 1.82) is 0 Å². The predicted octanol–water partition coefficient (Wildman–Crippen LogP) is -1.78. The summed E-state index contributed by atoms with van der Waals surface area (Å²) >= 11 is 6.93. The second kappa shape index (κ2) is 7.60. The number of thioether (sulfide) groups is 1. The molecule has 0 aliphatic carbocycles. The van der Waals surface area contributed by atoms with E-state index >= 15 is 0 Å². The molecule has 0 aromatic heterocycles. The summed E-state index contributed by atoms with van der Waals surface area (Å²) in [6.45, 7) is 0. The Morgan fingerprint density at radius 1 is 1.62 bits per heavy atom. The lowest BCUT2D eigenvalue weighted by Gasteiger charge is -1.79. The molecule has 1 nitrogen and oxygen atoms in total. The van der Waals surface area contributed by atoms with Gasteiger partial charge in [0.15, 0.2) is 5.55 Å². The van der Waals surface area contributed by atoms with E-state index in [4.69, 9.17) is 11.6 Å². The molecule has 0 unspecified atom stereocenters. The Morgan fingerprint density at radius 2 is 2.12 bits per heavy atom. The van der Waals surface area contributed by atoms with Crippen molar-refractivity contribution in [2.24, 2.45) is 0 Å². The summed E-state index contributed by atoms with van der Waals surface area (Å²) in [5.74, 6) is 0. The van der Waals surface area contributed by atoms with E-state index in [0.717, 1.165) is 0 Å². The Bertz CT molecular complexity index is 70.4. The van der Waals surface area contributed by atoms with Crippen molar-refractivity contribution in [2.45, 2.75) is 0 Å². The van der Waals surface area contributed by atoms with Gasteiger partial charge in [0.05, 0.1) is 5.21 Å². The number of hydrogen-bond acceptors (Lipinski definition) is 1. The van der Waals surface area contributed by atoms with E-state index in [0.29, 0.717) is 5.21 Å². The molecule has 0 bridgehead atoms. The summed E-state index contributed by atoms with van der Waals surface area (Å²) in [6, 6.07) is 0. The molecule has 0 aromatic rings. The van der Waals surface area contributed by atoms with Gasteiger partial charge in [-0.3, -0.25) is 0 Å². The molecule has 0 radical (unpaired) electrons. The summed E-state index contributed by atoms with van der Waals surface area (Å²) in [7, 11) is 3.94. The minimum absolute atomic E-state index is 0. The van der Waals surface area contributed by atoms with Gasteiger partial charge in [0, 0.05) is 0 Å². The van der Waals surface area contributed by atoms with Crippen LogP contribution in [0, 0.1) is 0 Å². The Balaban J connectivity index is 0. The van der Waals surface area contributed by atoms with Crippen LogP contribution < -0.4 is 12.4 Å². The molecule has 0 atom stereocenters. The molecule has 0 amide bonds. The predicted molar refractivity (Wildman–Crippen MR) is 36.5 cm³/mol. The normalized spacial score (nSPS) is 7.38. The largest absolute Gasteiger partial charge is 1.00 e. The summed E-state index contributed by atoms with van der Waals surface area (Å²) in [4.78, 5) is 0. The molecule has 4 heteroatoms. The summed E-state index contributed by atoms with van der Waals surface area (Å²) in [5.41, 5.74) is 1.97. The zero-order valence-electron chi connectivity index (χ0n) is 4.90. The van der Waals surface area contributed by atoms with Crippen LogP contribution in [0.15, 0.2) is 0 Å². The van der Waals surface area contributed by atoms with Crippen LogP contribution in [0.2, 0.25) is 0 Å². The SMILES string of the molecule is C[N+](C)=CSCCl.[Cl-]. The van der Waals surface area contributed by atoms with Crippen LogP contribution in [0.5, 0.6) is 0 Å². The summed E-state index contributed by atoms with van der Waals surface area (Å²) in [6.07, 6.45) is 0. The first-order chi connectivity index (χ1) is 3.27. The highest BCUT2D eigenvalue weighted by atomic mass is 35.5. The monoisotopic (exact) mass is 173 g/mol. The Hall–Kier alpha value is 0.600. The smallest absolute Gasteiger partial charge is 0.198 e. The fourth-order valence-electron chi connectivity index (χ4n) is 0.177. The standard InChI is InChI=1S/C4H9ClNS.ClH/c1-6(2)4-7-3-5;/h4H,3H2,1-2H3;1H/q+1;/p-1. The summed E-state index contributed by atoms with van der Waals surface area (Å²) < 4.78 is 1.97. The highest BCUT2D eigenvalue weighted by Crippen LogP contribution is 1.94. The molecule has 0 rings (SSSR count). The second-order valence-corrected chi connectivity index (χ2v) is 2.76. The molecule has 0 spiro atoms. The molecule has 0 aliphatic heterocycles. The van der Waals surface area contributed by atoms with Crippen LogP contribution >= 0.6 is 23.4 Å². The van der Waals surface area contributed by atoms with E-state index in [1.165, 1.54) is 0 Å². The van der Waals surface area contributed by atoms with Gasteiger partial charge in [0.25, 0.3) is 0 Å². The fourth-order valence-corrected chi connectivity index (χ4v) is 0.701. The number of alkyl halides is 1. The van der Waals surface area contributed by atoms with Crippen LogP contribution in [0.1, 0.15) is 0 Å². The maximum absolute atomic E-state index is 5.35. The first-order valence-electron chi connectivity index (χ1n) is 1.94. The third kappa shape index (κ3) is 9.78. The molecular formula is C4H9Cl2NS. The van der Waals surface area contributed by atoms with E-state index in [1.54, 1.807) is 11.8 Å². The van der Waals surface area contributed by atoms with Crippen molar-refractivity contribution in [1.82, 2.24) is 0 Å². The van der Waals surface area contributed by atoms with Crippen molar-refractivity contribution in [2.75, 3.05) is 19.3 Å². The molecular weight excluding hydrogens is 165 g/mol. The van der Waals surface area contributed by atoms with Crippen LogP contribution in [0.25, 0.3) is 0 Å². The topological polar surface area (TPSA) is 3.01 Å². The average molecular weight is 174 g/mol. The van der Waals surface area contributed by atoms with Crippen molar-refractivity contribution in [3.8, 4) is 0 Å². The molecule has 0 aliphatic rings. The van der Waals surface area contributed by atoms with Crippen LogP contribution in [-0.2, 0) is 0 Å². The molecule has 50 valence electrons. The van der Waals surface area contributed by atoms with Gasteiger partial charge in [-0.1, -0.05) is 0 Å². The third-order valence-corrected chi connectivity index (χ3v) is 1.42. The first kappa shape index (κ1) is 11.4. The molecule has 0 fully saturated rings. The van der Waals surface area contributed by atoms with Gasteiger partial charge in [0.2, 0.25) is 0 Å². The molecule has 0 aromatic carbocycles. The minimum Gasteiger partial charge on any atom is -1.00 e. The maximum atomic E-state index is 5.35. The quantitative estimate of drug-likeness (QED) is 0.207. The van der Waals surface area contributed by atoms with Crippen molar-refractivity contribution in [3.05, 3.63) is 0 Å². The Kier molecular flexibility index (Phi) is 10.8. The van der Waals surface area contributed by atoms with Gasteiger partial charge in [-0.2, -0.15) is 0 Å². The summed E-state index contributed by atoms with van der Waals surface area (Å²) in [5, 5.41) is 0.637. The van der Waals surface area contributed by atoms with E-state index in [2.05, 4.69) is 0 Å². The second-order valence-electron chi connectivity index (χ2n) is 1.34. The fraction of sp³-hybridized carbons (Fsp3) is 0.750. The lowest BCUT2D eigenvalue weighted by Crippen LogP contribution is -3.00. The molecule has 0 saturated heterocycles. The highest BCUT2D eigenvalue weighted by molar-refractivity contribution is 8.12. The van der Waals surface area contributed by atoms with Crippen LogP contribution in [0.4, 0.5) is 0 Å². The van der Waals surface area contributed by atoms with Crippen LogP contribution in [-0.4, -0.2) is 29.4 Å². The van der Waals surface area contributed by atoms with Gasteiger partial charge in [-0.05, 0) is 11.8 Å². The zero-order chi connectivity index (χ0) is 5.70. The van der Waals surface area contributed by atoms with Gasteiger partial charge in [-0.15, -0.1) is 11.6 Å². The van der Waals surface area contributed by atoms with Crippen LogP contribution in [0.3, 0.4) is 0 Å². The molecule has 0 N–H and O–H groups in total. The highest BCUT2D eigenvalue weighted by Gasteiger charge is 1.80. The van der Waals surface area contributed by atoms with Gasteiger partial charge in [0.1, 0.15) is 14.1 Å². The lowest BCUT2D eigenvalue weighted by molar-refractivity contribution is -0.456. The Morgan fingerprint density at radius 3 is 2.25 bits per heavy atom. The minimum atomic E-state index is 0. The number of nitrogens with zero attached hydrogens (tertiary/aromatic N) is 1.